The van der Waals surface area contributed by atoms with Crippen LogP contribution in [0.3, 0.4) is 0 Å². The van der Waals surface area contributed by atoms with Gasteiger partial charge >= 0.3 is 18.5 Å². The summed E-state index contributed by atoms with van der Waals surface area (Å²) in [6, 6.07) is 0.634. The third-order valence-electron chi connectivity index (χ3n) is 2.07. The Labute approximate surface area is 118 Å². The number of rotatable bonds is 3. The van der Waals surface area contributed by atoms with E-state index in [9.17, 15) is 31.1 Å². The molecule has 0 aliphatic carbocycles. The van der Waals surface area contributed by atoms with Crippen molar-refractivity contribution in [2.24, 2.45) is 0 Å². The maximum Gasteiger partial charge on any atom is 0.573 e. The molecule has 0 radical (unpaired) electrons. The molecule has 11 heteroatoms. The number of carbonyl (C=O) groups is 1. The largest absolute Gasteiger partial charge is 0.573 e. The molecule has 0 fully saturated rings. The average molecular weight is 338 g/mol. The van der Waals surface area contributed by atoms with Gasteiger partial charge in [-0.05, 0) is 6.07 Å². The van der Waals surface area contributed by atoms with E-state index in [-0.39, 0.29) is 0 Å². The molecule has 0 saturated heterocycles. The SMILES string of the molecule is COC(=O)c1cc(CCl)c(OC(F)(F)F)c(C(F)(F)F)n1. The van der Waals surface area contributed by atoms with E-state index in [1.807, 2.05) is 0 Å². The molecule has 0 N–H and O–H groups in total. The van der Waals surface area contributed by atoms with Gasteiger partial charge in [0.2, 0.25) is 0 Å². The van der Waals surface area contributed by atoms with Gasteiger partial charge in [0.05, 0.1) is 13.0 Å². The Morgan fingerprint density at radius 3 is 2.24 bits per heavy atom. The summed E-state index contributed by atoms with van der Waals surface area (Å²) in [5.41, 5.74) is -3.55. The van der Waals surface area contributed by atoms with Gasteiger partial charge in [-0.1, -0.05) is 0 Å². The molecule has 0 bridgehead atoms. The lowest BCUT2D eigenvalue weighted by atomic mass is 10.1. The molecule has 0 aliphatic rings. The minimum absolute atomic E-state index is 0.634. The Morgan fingerprint density at radius 1 is 1.29 bits per heavy atom. The fourth-order valence-electron chi connectivity index (χ4n) is 1.32. The van der Waals surface area contributed by atoms with Crippen LogP contribution in [0.25, 0.3) is 0 Å². The first kappa shape index (κ1) is 17.3. The monoisotopic (exact) mass is 337 g/mol. The lowest BCUT2D eigenvalue weighted by Crippen LogP contribution is -2.23. The molecule has 1 rings (SSSR count). The summed E-state index contributed by atoms with van der Waals surface area (Å²) < 4.78 is 82.4. The third-order valence-corrected chi connectivity index (χ3v) is 2.36. The van der Waals surface area contributed by atoms with Crippen molar-refractivity contribution in [3.8, 4) is 5.75 Å². The highest BCUT2D eigenvalue weighted by Crippen LogP contribution is 2.40. The summed E-state index contributed by atoms with van der Waals surface area (Å²) in [6.07, 6.45) is -10.7. The van der Waals surface area contributed by atoms with E-state index < -0.39 is 47.1 Å². The number of hydrogen-bond acceptors (Lipinski definition) is 4. The number of carbonyl (C=O) groups excluding carboxylic acids is 1. The van der Waals surface area contributed by atoms with Gasteiger partial charge in [-0.2, -0.15) is 13.2 Å². The Balaban J connectivity index is 3.56. The fraction of sp³-hybridized carbons (Fsp3) is 0.400. The van der Waals surface area contributed by atoms with E-state index in [0.717, 1.165) is 7.11 Å². The molecular formula is C10H6ClF6NO3. The van der Waals surface area contributed by atoms with Crippen molar-refractivity contribution in [2.45, 2.75) is 18.4 Å². The molecule has 118 valence electrons. The van der Waals surface area contributed by atoms with Crippen molar-refractivity contribution in [1.82, 2.24) is 4.98 Å². The van der Waals surface area contributed by atoms with Crippen LogP contribution in [0.15, 0.2) is 6.07 Å². The third kappa shape index (κ3) is 4.38. The number of alkyl halides is 7. The molecule has 0 atom stereocenters. The van der Waals surface area contributed by atoms with Gasteiger partial charge in [-0.25, -0.2) is 9.78 Å². The van der Waals surface area contributed by atoms with Gasteiger partial charge in [-0.3, -0.25) is 0 Å². The highest BCUT2D eigenvalue weighted by atomic mass is 35.5. The van der Waals surface area contributed by atoms with E-state index in [1.54, 1.807) is 0 Å². The maximum absolute atomic E-state index is 12.8. The van der Waals surface area contributed by atoms with Crippen LogP contribution in [-0.2, 0) is 16.8 Å². The average Bonchev–Trinajstić information content (AvgIpc) is 2.34. The topological polar surface area (TPSA) is 48.4 Å². The van der Waals surface area contributed by atoms with Gasteiger partial charge in [-0.15, -0.1) is 24.8 Å². The number of ether oxygens (including phenoxy) is 2. The standard InChI is InChI=1S/C10H6ClF6NO3/c1-20-8(19)5-2-4(3-11)6(21-10(15,16)17)7(18-5)9(12,13)14/h2H,3H2,1H3. The minimum Gasteiger partial charge on any atom is -0.464 e. The Morgan fingerprint density at radius 2 is 1.86 bits per heavy atom. The second-order valence-electron chi connectivity index (χ2n) is 3.52. The van der Waals surface area contributed by atoms with Crippen molar-refractivity contribution < 1.29 is 40.6 Å². The van der Waals surface area contributed by atoms with Gasteiger partial charge in [0.1, 0.15) is 5.69 Å². The van der Waals surface area contributed by atoms with Crippen LogP contribution in [0.5, 0.6) is 5.75 Å². The van der Waals surface area contributed by atoms with Crippen molar-refractivity contribution in [1.29, 1.82) is 0 Å². The van der Waals surface area contributed by atoms with Crippen LogP contribution < -0.4 is 4.74 Å². The molecule has 21 heavy (non-hydrogen) atoms. The molecular weight excluding hydrogens is 332 g/mol. The van der Waals surface area contributed by atoms with E-state index in [1.165, 1.54) is 0 Å². The Hall–Kier alpha value is -1.71. The molecule has 0 amide bonds. The van der Waals surface area contributed by atoms with Crippen molar-refractivity contribution in [3.05, 3.63) is 23.0 Å². The number of pyridine rings is 1. The molecule has 0 saturated carbocycles. The van der Waals surface area contributed by atoms with E-state index in [0.29, 0.717) is 6.07 Å². The van der Waals surface area contributed by atoms with Crippen LogP contribution in [-0.4, -0.2) is 24.4 Å². The summed E-state index contributed by atoms with van der Waals surface area (Å²) in [6.45, 7) is 0. The van der Waals surface area contributed by atoms with Gasteiger partial charge < -0.3 is 9.47 Å². The molecule has 0 aliphatic heterocycles. The molecule has 1 aromatic rings. The van der Waals surface area contributed by atoms with E-state index in [4.69, 9.17) is 11.6 Å². The molecule has 1 aromatic heterocycles. The summed E-state index contributed by atoms with van der Waals surface area (Å²) in [4.78, 5) is 14.0. The lowest BCUT2D eigenvalue weighted by Gasteiger charge is -2.18. The highest BCUT2D eigenvalue weighted by molar-refractivity contribution is 6.17. The maximum atomic E-state index is 12.8. The number of methoxy groups -OCH3 is 1. The fourth-order valence-corrected chi connectivity index (χ4v) is 1.51. The van der Waals surface area contributed by atoms with Crippen LogP contribution in [0.1, 0.15) is 21.7 Å². The van der Waals surface area contributed by atoms with Crippen LogP contribution in [0.4, 0.5) is 26.3 Å². The second-order valence-corrected chi connectivity index (χ2v) is 3.78. The van der Waals surface area contributed by atoms with Crippen molar-refractivity contribution in [3.63, 3.8) is 0 Å². The zero-order valence-electron chi connectivity index (χ0n) is 10.1. The van der Waals surface area contributed by atoms with Gasteiger partial charge in [0, 0.05) is 5.56 Å². The molecule has 1 heterocycles. The Kier molecular flexibility index (Phi) is 4.92. The number of hydrogen-bond donors (Lipinski definition) is 0. The lowest BCUT2D eigenvalue weighted by molar-refractivity contribution is -0.276. The number of nitrogens with zero attached hydrogens (tertiary/aromatic N) is 1. The summed E-state index contributed by atoms with van der Waals surface area (Å²) >= 11 is 5.31. The minimum atomic E-state index is -5.38. The molecule has 4 nitrogen and oxygen atoms in total. The summed E-state index contributed by atoms with van der Waals surface area (Å²) in [5, 5.41) is 0. The number of halogens is 7. The van der Waals surface area contributed by atoms with Crippen molar-refractivity contribution in [2.75, 3.05) is 7.11 Å². The first-order chi connectivity index (χ1) is 9.49. The smallest absolute Gasteiger partial charge is 0.464 e. The van der Waals surface area contributed by atoms with E-state index in [2.05, 4.69) is 14.5 Å². The second kappa shape index (κ2) is 5.96. The van der Waals surface area contributed by atoms with Crippen molar-refractivity contribution >= 4 is 17.6 Å². The quantitative estimate of drug-likeness (QED) is 0.481. The number of aromatic nitrogens is 1. The molecule has 0 aromatic carbocycles. The van der Waals surface area contributed by atoms with Crippen LogP contribution in [0.2, 0.25) is 0 Å². The Bertz CT molecular complexity index is 543. The van der Waals surface area contributed by atoms with Gasteiger partial charge in [0.15, 0.2) is 11.4 Å². The van der Waals surface area contributed by atoms with Gasteiger partial charge in [0.25, 0.3) is 0 Å². The first-order valence-electron chi connectivity index (χ1n) is 5.00. The van der Waals surface area contributed by atoms with E-state index >= 15 is 0 Å². The summed E-state index contributed by atoms with van der Waals surface area (Å²) in [5.74, 6) is -3.62. The number of esters is 1. The highest BCUT2D eigenvalue weighted by Gasteiger charge is 2.43. The normalized spacial score (nSPS) is 12.2. The zero-order valence-corrected chi connectivity index (χ0v) is 10.9. The summed E-state index contributed by atoms with van der Waals surface area (Å²) in [7, 11) is 0.873. The van der Waals surface area contributed by atoms with Crippen LogP contribution >= 0.6 is 11.6 Å². The van der Waals surface area contributed by atoms with Crippen LogP contribution in [0, 0.1) is 0 Å². The molecule has 0 spiro atoms. The zero-order chi connectivity index (χ0) is 16.4. The first-order valence-corrected chi connectivity index (χ1v) is 5.54. The molecule has 0 unspecified atom stereocenters. The predicted octanol–water partition coefficient (Wildman–Crippen LogP) is 3.52. The predicted molar refractivity (Wildman–Crippen MR) is 56.8 cm³/mol.